The van der Waals surface area contributed by atoms with E-state index in [2.05, 4.69) is 65.8 Å². The molecule has 0 unspecified atom stereocenters. The van der Waals surface area contributed by atoms with Crippen molar-refractivity contribution >= 4 is 11.6 Å². The van der Waals surface area contributed by atoms with Crippen LogP contribution >= 0.6 is 0 Å². The fourth-order valence-corrected chi connectivity index (χ4v) is 6.32. The van der Waals surface area contributed by atoms with Crippen molar-refractivity contribution in [1.29, 1.82) is 0 Å². The van der Waals surface area contributed by atoms with E-state index in [0.717, 1.165) is 63.4 Å². The topological polar surface area (TPSA) is 26.8 Å². The lowest BCUT2D eigenvalue weighted by atomic mass is 9.78. The molecule has 2 heterocycles. The van der Waals surface area contributed by atoms with E-state index in [1.807, 2.05) is 0 Å². The summed E-state index contributed by atoms with van der Waals surface area (Å²) in [6.07, 6.45) is 10.9. The van der Waals surface area contributed by atoms with Gasteiger partial charge in [0.25, 0.3) is 0 Å². The molecule has 4 nitrogen and oxygen atoms in total. The third kappa shape index (κ3) is 4.65. The Kier molecular flexibility index (Phi) is 7.26. The largest absolute Gasteiger partial charge is 0.339 e. The third-order valence-electron chi connectivity index (χ3n) is 8.44. The normalized spacial score (nSPS) is 26.9. The second kappa shape index (κ2) is 9.94. The summed E-state index contributed by atoms with van der Waals surface area (Å²) < 4.78 is 0. The van der Waals surface area contributed by atoms with Crippen molar-refractivity contribution in [3.05, 3.63) is 30.3 Å². The van der Waals surface area contributed by atoms with Gasteiger partial charge >= 0.3 is 0 Å². The summed E-state index contributed by atoms with van der Waals surface area (Å²) in [4.78, 5) is 21.0. The van der Waals surface area contributed by atoms with Crippen LogP contribution in [-0.4, -0.2) is 53.6 Å². The first-order valence-electron chi connectivity index (χ1n) is 12.9. The molecule has 4 heteroatoms. The third-order valence-corrected chi connectivity index (χ3v) is 8.44. The molecular weight excluding hydrogens is 382 g/mol. The summed E-state index contributed by atoms with van der Waals surface area (Å²) in [6.45, 7) is 10.8. The van der Waals surface area contributed by atoms with E-state index in [4.69, 9.17) is 0 Å². The van der Waals surface area contributed by atoms with Gasteiger partial charge in [-0.1, -0.05) is 51.8 Å². The molecule has 1 amide bonds. The summed E-state index contributed by atoms with van der Waals surface area (Å²) >= 11 is 0. The number of likely N-dealkylation sites (tertiary alicyclic amines) is 1. The average Bonchev–Trinajstić information content (AvgIpc) is 3.07. The van der Waals surface area contributed by atoms with E-state index in [-0.39, 0.29) is 5.54 Å². The Bertz CT molecular complexity index is 702. The molecule has 0 bridgehead atoms. The number of amides is 1. The quantitative estimate of drug-likeness (QED) is 0.537. The number of piperidine rings is 1. The van der Waals surface area contributed by atoms with Crippen molar-refractivity contribution < 1.29 is 4.79 Å². The van der Waals surface area contributed by atoms with Crippen molar-refractivity contribution in [2.75, 3.05) is 31.2 Å². The lowest BCUT2D eigenvalue weighted by Crippen LogP contribution is -2.58. The van der Waals surface area contributed by atoms with Crippen LogP contribution in [0.25, 0.3) is 0 Å². The molecule has 0 atom stereocenters. The second-order valence-corrected chi connectivity index (χ2v) is 10.6. The van der Waals surface area contributed by atoms with Crippen LogP contribution in [-0.2, 0) is 4.79 Å². The highest BCUT2D eigenvalue weighted by Gasteiger charge is 2.53. The van der Waals surface area contributed by atoms with Crippen molar-refractivity contribution in [3.63, 3.8) is 0 Å². The Balaban J connectivity index is 1.45. The van der Waals surface area contributed by atoms with Gasteiger partial charge in [-0.25, -0.2) is 0 Å². The van der Waals surface area contributed by atoms with Crippen molar-refractivity contribution in [2.45, 2.75) is 90.1 Å². The van der Waals surface area contributed by atoms with Crippen LogP contribution in [0.5, 0.6) is 0 Å². The van der Waals surface area contributed by atoms with Gasteiger partial charge in [0.05, 0.1) is 6.67 Å². The number of nitrogens with zero attached hydrogens (tertiary/aromatic N) is 3. The molecule has 0 radical (unpaired) electrons. The van der Waals surface area contributed by atoms with E-state index in [0.29, 0.717) is 5.91 Å². The zero-order valence-electron chi connectivity index (χ0n) is 20.1. The minimum atomic E-state index is -0.334. The molecule has 1 aliphatic carbocycles. The lowest BCUT2D eigenvalue weighted by Gasteiger charge is -2.47. The van der Waals surface area contributed by atoms with Crippen molar-refractivity contribution in [3.8, 4) is 0 Å². The number of hydrogen-bond donors (Lipinski definition) is 0. The predicted octanol–water partition coefficient (Wildman–Crippen LogP) is 5.53. The molecule has 4 rings (SSSR count). The maximum Gasteiger partial charge on any atom is 0.250 e. The molecular formula is C27H43N3O. The number of benzene rings is 1. The van der Waals surface area contributed by atoms with Gasteiger partial charge in [0, 0.05) is 31.4 Å². The molecule has 1 aromatic carbocycles. The number of hydrogen-bond acceptors (Lipinski definition) is 3. The van der Waals surface area contributed by atoms with Crippen molar-refractivity contribution in [1.82, 2.24) is 9.80 Å². The van der Waals surface area contributed by atoms with Crippen LogP contribution in [0, 0.1) is 11.8 Å². The maximum absolute atomic E-state index is 13.7. The first-order valence-corrected chi connectivity index (χ1v) is 12.9. The molecule has 3 aliphatic rings. The minimum Gasteiger partial charge on any atom is -0.339 e. The van der Waals surface area contributed by atoms with E-state index in [1.165, 1.54) is 44.2 Å². The van der Waals surface area contributed by atoms with Crippen LogP contribution in [0.15, 0.2) is 30.3 Å². The smallest absolute Gasteiger partial charge is 0.250 e. The summed E-state index contributed by atoms with van der Waals surface area (Å²) in [7, 11) is 0. The summed E-state index contributed by atoms with van der Waals surface area (Å²) in [5, 5.41) is 0. The van der Waals surface area contributed by atoms with Gasteiger partial charge in [-0.2, -0.15) is 0 Å². The molecule has 0 aromatic heterocycles. The fourth-order valence-electron chi connectivity index (χ4n) is 6.32. The number of unbranched alkanes of at least 4 members (excludes halogenated alkanes) is 2. The molecule has 2 saturated heterocycles. The zero-order chi connectivity index (χ0) is 21.8. The molecule has 2 aliphatic heterocycles. The number of carbonyl (C=O) groups is 1. The van der Waals surface area contributed by atoms with Gasteiger partial charge in [0.15, 0.2) is 0 Å². The second-order valence-electron chi connectivity index (χ2n) is 10.6. The standard InChI is InChI=1S/C27H43N3O/c1-4-5-9-18-29-21-30(25-10-7-6-8-11-25)27(26(29)31)16-19-28(20-17-27)24-14-12-23(13-15-24)22(2)3/h6-8,10-11,22-24H,4-5,9,12-21H2,1-3H3. The minimum absolute atomic E-state index is 0.334. The predicted molar refractivity (Wildman–Crippen MR) is 129 cm³/mol. The van der Waals surface area contributed by atoms with Gasteiger partial charge < -0.3 is 14.7 Å². The Labute approximate surface area is 190 Å². The van der Waals surface area contributed by atoms with Gasteiger partial charge in [0.2, 0.25) is 5.91 Å². The molecule has 172 valence electrons. The fraction of sp³-hybridized carbons (Fsp3) is 0.741. The van der Waals surface area contributed by atoms with E-state index in [9.17, 15) is 4.79 Å². The highest BCUT2D eigenvalue weighted by Crippen LogP contribution is 2.41. The van der Waals surface area contributed by atoms with Crippen LogP contribution in [0.3, 0.4) is 0 Å². The number of carbonyl (C=O) groups excluding carboxylic acids is 1. The van der Waals surface area contributed by atoms with E-state index >= 15 is 0 Å². The number of anilines is 1. The average molecular weight is 426 g/mol. The zero-order valence-corrected chi connectivity index (χ0v) is 20.1. The number of para-hydroxylation sites is 1. The van der Waals surface area contributed by atoms with Crippen LogP contribution < -0.4 is 4.90 Å². The summed E-state index contributed by atoms with van der Waals surface area (Å²) in [6, 6.07) is 11.4. The Morgan fingerprint density at radius 2 is 1.68 bits per heavy atom. The molecule has 1 aromatic rings. The monoisotopic (exact) mass is 425 g/mol. The Morgan fingerprint density at radius 1 is 1.00 bits per heavy atom. The van der Waals surface area contributed by atoms with Gasteiger partial charge in [-0.05, 0) is 68.9 Å². The highest BCUT2D eigenvalue weighted by molar-refractivity contribution is 5.93. The SMILES string of the molecule is CCCCCN1CN(c2ccccc2)C2(CCN(C3CCC(C(C)C)CC3)CC2)C1=O. The van der Waals surface area contributed by atoms with Crippen LogP contribution in [0.2, 0.25) is 0 Å². The van der Waals surface area contributed by atoms with E-state index in [1.54, 1.807) is 0 Å². The first-order chi connectivity index (χ1) is 15.0. The van der Waals surface area contributed by atoms with E-state index < -0.39 is 0 Å². The van der Waals surface area contributed by atoms with Gasteiger partial charge in [-0.3, -0.25) is 4.79 Å². The molecule has 31 heavy (non-hydrogen) atoms. The Morgan fingerprint density at radius 3 is 2.29 bits per heavy atom. The lowest BCUT2D eigenvalue weighted by molar-refractivity contribution is -0.134. The summed E-state index contributed by atoms with van der Waals surface area (Å²) in [5.41, 5.74) is 0.874. The molecule has 1 saturated carbocycles. The molecule has 1 spiro atoms. The van der Waals surface area contributed by atoms with Crippen molar-refractivity contribution in [2.24, 2.45) is 11.8 Å². The summed E-state index contributed by atoms with van der Waals surface area (Å²) in [5.74, 6) is 2.12. The van der Waals surface area contributed by atoms with Crippen LogP contribution in [0.1, 0.15) is 78.6 Å². The van der Waals surface area contributed by atoms with Gasteiger partial charge in [0.1, 0.15) is 5.54 Å². The number of rotatable bonds is 7. The van der Waals surface area contributed by atoms with Gasteiger partial charge in [-0.15, -0.1) is 0 Å². The maximum atomic E-state index is 13.7. The highest BCUT2D eigenvalue weighted by atomic mass is 16.2. The molecule has 3 fully saturated rings. The Hall–Kier alpha value is -1.55. The first kappa shape index (κ1) is 22.6. The molecule has 0 N–H and O–H groups in total. The van der Waals surface area contributed by atoms with Crippen LogP contribution in [0.4, 0.5) is 5.69 Å².